The molecule has 0 aliphatic carbocycles. The summed E-state index contributed by atoms with van der Waals surface area (Å²) in [6.45, 7) is 0.471. The summed E-state index contributed by atoms with van der Waals surface area (Å²) in [4.78, 5) is 0. The van der Waals surface area contributed by atoms with Crippen LogP contribution in [0.1, 0.15) is 5.69 Å². The van der Waals surface area contributed by atoms with Crippen LogP contribution < -0.4 is 5.73 Å². The van der Waals surface area contributed by atoms with Crippen LogP contribution in [-0.2, 0) is 13.6 Å². The van der Waals surface area contributed by atoms with Crippen molar-refractivity contribution in [2.75, 3.05) is 0 Å². The van der Waals surface area contributed by atoms with Gasteiger partial charge in [0, 0.05) is 24.2 Å². The van der Waals surface area contributed by atoms with Crippen LogP contribution in [0.4, 0.5) is 0 Å². The average Bonchev–Trinajstić information content (AvgIpc) is 2.59. The normalized spacial score (nSPS) is 10.6. The maximum absolute atomic E-state index is 5.94. The quantitative estimate of drug-likeness (QED) is 0.845. The zero-order valence-corrected chi connectivity index (χ0v) is 9.20. The van der Waals surface area contributed by atoms with Crippen molar-refractivity contribution in [1.82, 2.24) is 9.78 Å². The fraction of sp³-hybridized carbons (Fsp3) is 0.182. The average molecular weight is 222 g/mol. The second kappa shape index (κ2) is 4.04. The van der Waals surface area contributed by atoms with Gasteiger partial charge in [0.2, 0.25) is 0 Å². The molecular formula is C11H12ClN3. The first kappa shape index (κ1) is 10.2. The van der Waals surface area contributed by atoms with Crippen LogP contribution in [0, 0.1) is 0 Å². The zero-order valence-electron chi connectivity index (χ0n) is 8.44. The standard InChI is InChI=1S/C11H12ClN3/c1-15-11(6-13)10(7-14-15)8-3-2-4-9(12)5-8/h2-5,7H,6,13H2,1H3. The highest BCUT2D eigenvalue weighted by atomic mass is 35.5. The number of nitrogens with zero attached hydrogens (tertiary/aromatic N) is 2. The number of halogens is 1. The number of hydrogen-bond acceptors (Lipinski definition) is 2. The van der Waals surface area contributed by atoms with Gasteiger partial charge in [-0.3, -0.25) is 4.68 Å². The molecule has 0 fully saturated rings. The molecule has 1 aromatic heterocycles. The van der Waals surface area contributed by atoms with E-state index in [1.807, 2.05) is 37.5 Å². The van der Waals surface area contributed by atoms with E-state index in [1.54, 1.807) is 4.68 Å². The summed E-state index contributed by atoms with van der Waals surface area (Å²) in [5.74, 6) is 0. The van der Waals surface area contributed by atoms with E-state index in [-0.39, 0.29) is 0 Å². The minimum atomic E-state index is 0.471. The minimum Gasteiger partial charge on any atom is -0.325 e. The molecule has 0 spiro atoms. The van der Waals surface area contributed by atoms with Crippen LogP contribution in [0.15, 0.2) is 30.5 Å². The van der Waals surface area contributed by atoms with E-state index < -0.39 is 0 Å². The van der Waals surface area contributed by atoms with Crippen molar-refractivity contribution in [2.24, 2.45) is 12.8 Å². The van der Waals surface area contributed by atoms with Gasteiger partial charge < -0.3 is 5.73 Å². The summed E-state index contributed by atoms with van der Waals surface area (Å²) in [5.41, 5.74) is 8.78. The highest BCUT2D eigenvalue weighted by Gasteiger charge is 2.08. The van der Waals surface area contributed by atoms with Crippen molar-refractivity contribution in [3.8, 4) is 11.1 Å². The van der Waals surface area contributed by atoms with Crippen LogP contribution >= 0.6 is 11.6 Å². The Kier molecular flexibility index (Phi) is 2.75. The largest absolute Gasteiger partial charge is 0.325 e. The van der Waals surface area contributed by atoms with Crippen molar-refractivity contribution in [3.63, 3.8) is 0 Å². The zero-order chi connectivity index (χ0) is 10.8. The predicted molar refractivity (Wildman–Crippen MR) is 61.5 cm³/mol. The molecule has 1 aromatic carbocycles. The maximum atomic E-state index is 5.94. The Labute approximate surface area is 93.5 Å². The molecule has 0 saturated carbocycles. The van der Waals surface area contributed by atoms with Crippen molar-refractivity contribution in [2.45, 2.75) is 6.54 Å². The Morgan fingerprint density at radius 3 is 2.93 bits per heavy atom. The molecule has 0 radical (unpaired) electrons. The lowest BCUT2D eigenvalue weighted by molar-refractivity contribution is 0.713. The summed E-state index contributed by atoms with van der Waals surface area (Å²) in [5, 5.41) is 4.91. The molecule has 2 N–H and O–H groups in total. The van der Waals surface area contributed by atoms with E-state index in [9.17, 15) is 0 Å². The SMILES string of the molecule is Cn1ncc(-c2cccc(Cl)c2)c1CN. The van der Waals surface area contributed by atoms with Crippen LogP contribution in [0.2, 0.25) is 5.02 Å². The van der Waals surface area contributed by atoms with E-state index in [2.05, 4.69) is 5.10 Å². The third kappa shape index (κ3) is 1.89. The second-order valence-electron chi connectivity index (χ2n) is 3.34. The van der Waals surface area contributed by atoms with Crippen LogP contribution in [-0.4, -0.2) is 9.78 Å². The van der Waals surface area contributed by atoms with Gasteiger partial charge in [-0.05, 0) is 17.7 Å². The van der Waals surface area contributed by atoms with Gasteiger partial charge in [-0.1, -0.05) is 23.7 Å². The molecule has 0 atom stereocenters. The Balaban J connectivity index is 2.54. The molecule has 2 rings (SSSR count). The van der Waals surface area contributed by atoms with Gasteiger partial charge in [0.25, 0.3) is 0 Å². The molecule has 0 saturated heterocycles. The number of aromatic nitrogens is 2. The van der Waals surface area contributed by atoms with E-state index >= 15 is 0 Å². The Morgan fingerprint density at radius 1 is 1.47 bits per heavy atom. The van der Waals surface area contributed by atoms with Crippen molar-refractivity contribution in [1.29, 1.82) is 0 Å². The first-order valence-corrected chi connectivity index (χ1v) is 5.07. The third-order valence-corrected chi connectivity index (χ3v) is 2.63. The summed E-state index contributed by atoms with van der Waals surface area (Å²) >= 11 is 5.94. The lowest BCUT2D eigenvalue weighted by Crippen LogP contribution is -2.05. The number of rotatable bonds is 2. The second-order valence-corrected chi connectivity index (χ2v) is 3.78. The lowest BCUT2D eigenvalue weighted by atomic mass is 10.1. The first-order chi connectivity index (χ1) is 7.22. The first-order valence-electron chi connectivity index (χ1n) is 4.69. The molecule has 1 heterocycles. The summed E-state index contributed by atoms with van der Waals surface area (Å²) in [6.07, 6.45) is 1.81. The molecule has 78 valence electrons. The molecule has 0 bridgehead atoms. The Morgan fingerprint density at radius 2 is 2.27 bits per heavy atom. The molecule has 0 aliphatic rings. The number of nitrogens with two attached hydrogens (primary N) is 1. The van der Waals surface area contributed by atoms with Gasteiger partial charge in [0.1, 0.15) is 0 Å². The van der Waals surface area contributed by atoms with E-state index in [4.69, 9.17) is 17.3 Å². The monoisotopic (exact) mass is 221 g/mol. The van der Waals surface area contributed by atoms with Crippen molar-refractivity contribution < 1.29 is 0 Å². The molecular weight excluding hydrogens is 210 g/mol. The van der Waals surface area contributed by atoms with Crippen LogP contribution in [0.3, 0.4) is 0 Å². The Bertz CT molecular complexity index is 476. The predicted octanol–water partition coefficient (Wildman–Crippen LogP) is 2.20. The van der Waals surface area contributed by atoms with Gasteiger partial charge in [0.15, 0.2) is 0 Å². The third-order valence-electron chi connectivity index (χ3n) is 2.39. The fourth-order valence-electron chi connectivity index (χ4n) is 1.60. The van der Waals surface area contributed by atoms with Gasteiger partial charge >= 0.3 is 0 Å². The molecule has 3 nitrogen and oxygen atoms in total. The number of aryl methyl sites for hydroxylation is 1. The summed E-state index contributed by atoms with van der Waals surface area (Å²) in [6, 6.07) is 7.69. The molecule has 0 amide bonds. The highest BCUT2D eigenvalue weighted by molar-refractivity contribution is 6.30. The summed E-state index contributed by atoms with van der Waals surface area (Å²) < 4.78 is 1.79. The van der Waals surface area contributed by atoms with E-state index in [0.29, 0.717) is 6.54 Å². The minimum absolute atomic E-state index is 0.471. The van der Waals surface area contributed by atoms with Crippen LogP contribution in [0.5, 0.6) is 0 Å². The molecule has 0 aliphatic heterocycles. The fourth-order valence-corrected chi connectivity index (χ4v) is 1.79. The van der Waals surface area contributed by atoms with Gasteiger partial charge in [0.05, 0.1) is 11.9 Å². The maximum Gasteiger partial charge on any atom is 0.0594 e. The lowest BCUT2D eigenvalue weighted by Gasteiger charge is -2.03. The summed E-state index contributed by atoms with van der Waals surface area (Å²) in [7, 11) is 1.89. The Hall–Kier alpha value is -1.32. The van der Waals surface area contributed by atoms with Crippen LogP contribution in [0.25, 0.3) is 11.1 Å². The molecule has 4 heteroatoms. The van der Waals surface area contributed by atoms with Gasteiger partial charge in [-0.2, -0.15) is 5.10 Å². The smallest absolute Gasteiger partial charge is 0.0594 e. The topological polar surface area (TPSA) is 43.8 Å². The van der Waals surface area contributed by atoms with E-state index in [1.165, 1.54) is 0 Å². The van der Waals surface area contributed by atoms with Gasteiger partial charge in [-0.25, -0.2) is 0 Å². The van der Waals surface area contributed by atoms with E-state index in [0.717, 1.165) is 21.8 Å². The molecule has 0 unspecified atom stereocenters. The van der Waals surface area contributed by atoms with Crippen molar-refractivity contribution >= 4 is 11.6 Å². The molecule has 15 heavy (non-hydrogen) atoms. The van der Waals surface area contributed by atoms with Crippen molar-refractivity contribution in [3.05, 3.63) is 41.2 Å². The number of benzene rings is 1. The highest BCUT2D eigenvalue weighted by Crippen LogP contribution is 2.25. The number of hydrogen-bond donors (Lipinski definition) is 1. The molecule has 2 aromatic rings. The van der Waals surface area contributed by atoms with Gasteiger partial charge in [-0.15, -0.1) is 0 Å².